The van der Waals surface area contributed by atoms with Crippen LogP contribution in [0.15, 0.2) is 72.9 Å². The van der Waals surface area contributed by atoms with Crippen molar-refractivity contribution in [1.82, 2.24) is 5.32 Å². The SMILES string of the molecule is CC/C=C\C/C=C\C/C=C\C/C=C\C/C=C\CCCCCCCCCC(=O)NC(COC1OC(CO)C(OC2OC(CO)C(O)C(O)C2O)C(O)C1O)C(O)/C=C/CCCCCCC. The largest absolute Gasteiger partial charge is 0.394 e. The first kappa shape index (κ1) is 57.6. The summed E-state index contributed by atoms with van der Waals surface area (Å²) in [5.41, 5.74) is 0. The minimum absolute atomic E-state index is 0.260. The lowest BCUT2D eigenvalue weighted by atomic mass is 9.97. The number of aliphatic hydroxyl groups is 8. The van der Waals surface area contributed by atoms with E-state index < -0.39 is 86.8 Å². The monoisotopic (exact) mass is 908 g/mol. The van der Waals surface area contributed by atoms with Gasteiger partial charge in [0.1, 0.15) is 48.8 Å². The zero-order valence-electron chi connectivity index (χ0n) is 38.7. The van der Waals surface area contributed by atoms with E-state index in [1.165, 1.54) is 12.8 Å². The number of ether oxygens (including phenoxy) is 4. The number of nitrogens with one attached hydrogen (secondary N) is 1. The number of carbonyl (C=O) groups is 1. The molecule has 0 bridgehead atoms. The molecular weight excluding hydrogens is 823 g/mol. The van der Waals surface area contributed by atoms with E-state index in [4.69, 9.17) is 18.9 Å². The molecule has 0 radical (unpaired) electrons. The highest BCUT2D eigenvalue weighted by atomic mass is 16.7. The Morgan fingerprint density at radius 1 is 0.578 bits per heavy atom. The van der Waals surface area contributed by atoms with Gasteiger partial charge >= 0.3 is 0 Å². The Bertz CT molecular complexity index is 1350. The topological polar surface area (TPSA) is 228 Å². The van der Waals surface area contributed by atoms with Crippen LogP contribution in [0.5, 0.6) is 0 Å². The summed E-state index contributed by atoms with van der Waals surface area (Å²) in [5.74, 6) is -0.260. The fraction of sp³-hybridized carbons (Fsp3) is 0.740. The molecule has 1 amide bonds. The second-order valence-corrected chi connectivity index (χ2v) is 16.9. The molecule has 12 atom stereocenters. The molecule has 368 valence electrons. The molecule has 0 saturated carbocycles. The van der Waals surface area contributed by atoms with E-state index in [1.807, 2.05) is 6.08 Å². The predicted octanol–water partition coefficient (Wildman–Crippen LogP) is 5.65. The van der Waals surface area contributed by atoms with Gasteiger partial charge in [0, 0.05) is 6.42 Å². The summed E-state index contributed by atoms with van der Waals surface area (Å²) < 4.78 is 22.6. The van der Waals surface area contributed by atoms with Gasteiger partial charge in [-0.3, -0.25) is 4.79 Å². The van der Waals surface area contributed by atoms with Crippen LogP contribution >= 0.6 is 0 Å². The Morgan fingerprint density at radius 3 is 1.66 bits per heavy atom. The number of allylic oxidation sites excluding steroid dienone is 11. The minimum atomic E-state index is -1.79. The van der Waals surface area contributed by atoms with Gasteiger partial charge in [0.05, 0.1) is 32.0 Å². The maximum Gasteiger partial charge on any atom is 0.220 e. The van der Waals surface area contributed by atoms with Gasteiger partial charge in [-0.05, 0) is 64.2 Å². The third-order valence-corrected chi connectivity index (χ3v) is 11.4. The Balaban J connectivity index is 1.76. The Kier molecular flexibility index (Phi) is 32.9. The van der Waals surface area contributed by atoms with Crippen molar-refractivity contribution in [2.24, 2.45) is 0 Å². The molecule has 2 rings (SSSR count). The van der Waals surface area contributed by atoms with E-state index in [2.05, 4.69) is 79.9 Å². The van der Waals surface area contributed by atoms with Crippen molar-refractivity contribution >= 4 is 5.91 Å². The molecule has 64 heavy (non-hydrogen) atoms. The molecule has 2 saturated heterocycles. The fourth-order valence-electron chi connectivity index (χ4n) is 7.43. The van der Waals surface area contributed by atoms with E-state index in [0.717, 1.165) is 103 Å². The molecule has 0 aromatic heterocycles. The highest BCUT2D eigenvalue weighted by Gasteiger charge is 2.51. The average molecular weight is 908 g/mol. The van der Waals surface area contributed by atoms with Gasteiger partial charge in [-0.25, -0.2) is 0 Å². The number of carbonyl (C=O) groups excluding carboxylic acids is 1. The van der Waals surface area contributed by atoms with Crippen molar-refractivity contribution in [2.45, 2.75) is 216 Å². The van der Waals surface area contributed by atoms with Gasteiger partial charge in [0.25, 0.3) is 0 Å². The van der Waals surface area contributed by atoms with Gasteiger partial charge in [-0.2, -0.15) is 0 Å². The number of unbranched alkanes of at least 4 members (excludes halogenated alkanes) is 12. The molecule has 0 spiro atoms. The Hall–Kier alpha value is -2.57. The predicted molar refractivity (Wildman–Crippen MR) is 249 cm³/mol. The second kappa shape index (κ2) is 36.5. The summed E-state index contributed by atoms with van der Waals surface area (Å²) in [6.07, 6.45) is 28.3. The number of amides is 1. The first-order chi connectivity index (χ1) is 31.1. The van der Waals surface area contributed by atoms with E-state index in [1.54, 1.807) is 6.08 Å². The summed E-state index contributed by atoms with van der Waals surface area (Å²) in [6.45, 7) is 2.56. The van der Waals surface area contributed by atoms with Gasteiger partial charge in [-0.15, -0.1) is 0 Å². The van der Waals surface area contributed by atoms with Crippen molar-refractivity contribution in [3.63, 3.8) is 0 Å². The van der Waals surface area contributed by atoms with Crippen molar-refractivity contribution in [2.75, 3.05) is 19.8 Å². The molecule has 0 aromatic rings. The fourth-order valence-corrected chi connectivity index (χ4v) is 7.43. The molecule has 2 aliphatic heterocycles. The van der Waals surface area contributed by atoms with E-state index in [-0.39, 0.29) is 18.9 Å². The molecule has 0 aromatic carbocycles. The van der Waals surface area contributed by atoms with E-state index in [9.17, 15) is 45.6 Å². The second-order valence-electron chi connectivity index (χ2n) is 16.9. The first-order valence-corrected chi connectivity index (χ1v) is 24.2. The van der Waals surface area contributed by atoms with Crippen LogP contribution in [-0.4, -0.2) is 140 Å². The summed E-state index contributed by atoms with van der Waals surface area (Å²) in [4.78, 5) is 13.1. The van der Waals surface area contributed by atoms with Crippen LogP contribution in [0, 0.1) is 0 Å². The van der Waals surface area contributed by atoms with Crippen molar-refractivity contribution < 1.29 is 64.6 Å². The number of aliphatic hydroxyl groups excluding tert-OH is 8. The Morgan fingerprint density at radius 2 is 1.08 bits per heavy atom. The van der Waals surface area contributed by atoms with E-state index in [0.29, 0.717) is 6.42 Å². The standard InChI is InChI=1S/C50H85NO13/c1-3-5-7-9-11-12-13-14-15-16-17-18-19-20-21-22-23-24-25-26-28-30-32-34-42(55)51-38(39(54)33-31-29-27-10-8-6-4-2)37-61-49-47(60)45(58)48(41(36-53)63-49)64-50-46(59)44(57)43(56)40(35-52)62-50/h5,7,11-12,14-15,17-18,20-21,31,33,38-41,43-50,52-54,56-60H,3-4,6,8-10,13,16,19,22-30,32,34-37H2,1-2H3,(H,51,55)/b7-5-,12-11-,15-14-,18-17-,21-20-,33-31+. The van der Waals surface area contributed by atoms with Gasteiger partial charge in [-0.1, -0.05) is 145 Å². The smallest absolute Gasteiger partial charge is 0.220 e. The maximum atomic E-state index is 13.1. The number of hydrogen-bond donors (Lipinski definition) is 9. The van der Waals surface area contributed by atoms with Crippen LogP contribution in [0.3, 0.4) is 0 Å². The van der Waals surface area contributed by atoms with Crippen molar-refractivity contribution in [1.29, 1.82) is 0 Å². The Labute approximate surface area is 383 Å². The maximum absolute atomic E-state index is 13.1. The average Bonchev–Trinajstić information content (AvgIpc) is 3.29. The molecular formula is C50H85NO13. The highest BCUT2D eigenvalue weighted by molar-refractivity contribution is 5.76. The summed E-state index contributed by atoms with van der Waals surface area (Å²) in [7, 11) is 0. The number of rotatable bonds is 35. The summed E-state index contributed by atoms with van der Waals surface area (Å²) in [6, 6.07) is -0.921. The molecule has 14 heteroatoms. The zero-order valence-corrected chi connectivity index (χ0v) is 38.7. The number of hydrogen-bond acceptors (Lipinski definition) is 13. The quantitative estimate of drug-likeness (QED) is 0.0277. The van der Waals surface area contributed by atoms with Gasteiger partial charge in [0.2, 0.25) is 5.91 Å². The summed E-state index contributed by atoms with van der Waals surface area (Å²) >= 11 is 0. The lowest BCUT2D eigenvalue weighted by molar-refractivity contribution is -0.359. The molecule has 2 aliphatic rings. The molecule has 14 nitrogen and oxygen atoms in total. The van der Waals surface area contributed by atoms with Gasteiger partial charge in [0.15, 0.2) is 12.6 Å². The first-order valence-electron chi connectivity index (χ1n) is 24.2. The van der Waals surface area contributed by atoms with Crippen LogP contribution < -0.4 is 5.32 Å². The van der Waals surface area contributed by atoms with Gasteiger partial charge < -0.3 is 65.1 Å². The van der Waals surface area contributed by atoms with Crippen LogP contribution in [-0.2, 0) is 23.7 Å². The highest BCUT2D eigenvalue weighted by Crippen LogP contribution is 2.30. The van der Waals surface area contributed by atoms with Crippen LogP contribution in [0.2, 0.25) is 0 Å². The molecule has 9 N–H and O–H groups in total. The van der Waals surface area contributed by atoms with Crippen molar-refractivity contribution in [3.8, 4) is 0 Å². The normalized spacial score (nSPS) is 27.9. The zero-order chi connectivity index (χ0) is 46.8. The van der Waals surface area contributed by atoms with Crippen LogP contribution in [0.25, 0.3) is 0 Å². The molecule has 2 fully saturated rings. The molecule has 2 heterocycles. The van der Waals surface area contributed by atoms with Crippen LogP contribution in [0.1, 0.15) is 142 Å². The lowest BCUT2D eigenvalue weighted by Gasteiger charge is -2.46. The van der Waals surface area contributed by atoms with E-state index >= 15 is 0 Å². The third-order valence-electron chi connectivity index (χ3n) is 11.4. The molecule has 12 unspecified atom stereocenters. The lowest BCUT2D eigenvalue weighted by Crippen LogP contribution is -2.65. The van der Waals surface area contributed by atoms with Crippen molar-refractivity contribution in [3.05, 3.63) is 72.9 Å². The minimum Gasteiger partial charge on any atom is -0.394 e. The van der Waals surface area contributed by atoms with Crippen LogP contribution in [0.4, 0.5) is 0 Å². The summed E-state index contributed by atoms with van der Waals surface area (Å²) in [5, 5.41) is 86.3. The molecule has 0 aliphatic carbocycles. The third kappa shape index (κ3) is 23.7.